The second-order valence-electron chi connectivity index (χ2n) is 6.47. The van der Waals surface area contributed by atoms with Crippen molar-refractivity contribution in [3.05, 3.63) is 59.7 Å². The number of ether oxygens (including phenoxy) is 3. The van der Waals surface area contributed by atoms with Crippen LogP contribution in [-0.4, -0.2) is 48.8 Å². The SMILES string of the molecule is CCO[C@@H](CCO)[C@@H](OC(=O)Nc1ccc(C)cc1)c1cccc(OCCO)c1. The van der Waals surface area contributed by atoms with Crippen molar-refractivity contribution < 1.29 is 29.2 Å². The normalized spacial score (nSPS) is 12.8. The lowest BCUT2D eigenvalue weighted by molar-refractivity contribution is -0.0484. The number of nitrogens with one attached hydrogen (secondary N) is 1. The maximum absolute atomic E-state index is 12.5. The van der Waals surface area contributed by atoms with Gasteiger partial charge in [-0.05, 0) is 43.7 Å². The molecule has 7 nitrogen and oxygen atoms in total. The smallest absolute Gasteiger partial charge is 0.412 e. The van der Waals surface area contributed by atoms with Gasteiger partial charge in [-0.2, -0.15) is 0 Å². The third-order valence-electron chi connectivity index (χ3n) is 4.21. The highest BCUT2D eigenvalue weighted by Crippen LogP contribution is 2.29. The molecule has 3 N–H and O–H groups in total. The van der Waals surface area contributed by atoms with Gasteiger partial charge in [-0.1, -0.05) is 29.8 Å². The fraction of sp³-hybridized carbons (Fsp3) is 0.409. The molecule has 0 radical (unpaired) electrons. The van der Waals surface area contributed by atoms with E-state index in [-0.39, 0.29) is 19.8 Å². The summed E-state index contributed by atoms with van der Waals surface area (Å²) >= 11 is 0. The molecule has 2 rings (SSSR count). The molecular formula is C22H29NO6. The summed E-state index contributed by atoms with van der Waals surface area (Å²) in [7, 11) is 0. The molecule has 2 aromatic carbocycles. The number of amides is 1. The van der Waals surface area contributed by atoms with Crippen molar-refractivity contribution in [2.75, 3.05) is 31.7 Å². The molecule has 0 spiro atoms. The monoisotopic (exact) mass is 403 g/mol. The molecule has 0 aromatic heterocycles. The number of rotatable bonds is 11. The molecular weight excluding hydrogens is 374 g/mol. The van der Waals surface area contributed by atoms with Crippen molar-refractivity contribution in [3.8, 4) is 5.75 Å². The first kappa shape index (κ1) is 22.7. The van der Waals surface area contributed by atoms with Gasteiger partial charge in [-0.25, -0.2) is 4.79 Å². The van der Waals surface area contributed by atoms with Crippen molar-refractivity contribution in [2.45, 2.75) is 32.5 Å². The Balaban J connectivity index is 2.21. The van der Waals surface area contributed by atoms with E-state index in [0.717, 1.165) is 5.56 Å². The third kappa shape index (κ3) is 7.38. The lowest BCUT2D eigenvalue weighted by Crippen LogP contribution is -2.29. The Morgan fingerprint density at radius 2 is 1.86 bits per heavy atom. The minimum atomic E-state index is -0.745. The number of hydrogen-bond acceptors (Lipinski definition) is 6. The Bertz CT molecular complexity index is 743. The molecule has 0 aliphatic heterocycles. The van der Waals surface area contributed by atoms with Gasteiger partial charge in [0.1, 0.15) is 18.5 Å². The highest BCUT2D eigenvalue weighted by Gasteiger charge is 2.28. The average molecular weight is 403 g/mol. The minimum Gasteiger partial charge on any atom is -0.491 e. The zero-order valence-corrected chi connectivity index (χ0v) is 16.8. The highest BCUT2D eigenvalue weighted by molar-refractivity contribution is 5.84. The fourth-order valence-electron chi connectivity index (χ4n) is 2.87. The number of anilines is 1. The van der Waals surface area contributed by atoms with Gasteiger partial charge >= 0.3 is 6.09 Å². The number of benzene rings is 2. The van der Waals surface area contributed by atoms with E-state index >= 15 is 0 Å². The molecule has 2 aromatic rings. The number of aliphatic hydroxyl groups is 2. The lowest BCUT2D eigenvalue weighted by atomic mass is 10.0. The van der Waals surface area contributed by atoms with Crippen LogP contribution in [-0.2, 0) is 9.47 Å². The summed E-state index contributed by atoms with van der Waals surface area (Å²) in [5.74, 6) is 0.545. The highest BCUT2D eigenvalue weighted by atomic mass is 16.6. The summed E-state index contributed by atoms with van der Waals surface area (Å²) in [6.45, 7) is 4.17. The molecule has 7 heteroatoms. The standard InChI is InChI=1S/C22H29NO6/c1-3-27-20(11-12-24)21(17-5-4-6-19(15-17)28-14-13-25)29-22(26)23-18-9-7-16(2)8-10-18/h4-10,15,20-21,24-25H,3,11-14H2,1-2H3,(H,23,26)/t20-,21-/m0/s1. The molecule has 0 saturated carbocycles. The summed E-state index contributed by atoms with van der Waals surface area (Å²) in [6.07, 6.45) is -1.59. The molecule has 0 aliphatic carbocycles. The van der Waals surface area contributed by atoms with Gasteiger partial charge in [-0.3, -0.25) is 5.32 Å². The number of hydrogen-bond donors (Lipinski definition) is 3. The zero-order chi connectivity index (χ0) is 21.1. The quantitative estimate of drug-likeness (QED) is 0.532. The fourth-order valence-corrected chi connectivity index (χ4v) is 2.87. The molecule has 0 fully saturated rings. The maximum Gasteiger partial charge on any atom is 0.412 e. The Morgan fingerprint density at radius 3 is 2.52 bits per heavy atom. The number of carbonyl (C=O) groups is 1. The molecule has 2 atom stereocenters. The number of aryl methyl sites for hydroxylation is 1. The van der Waals surface area contributed by atoms with Crippen LogP contribution in [0.15, 0.2) is 48.5 Å². The molecule has 0 heterocycles. The average Bonchev–Trinajstić information content (AvgIpc) is 2.72. The van der Waals surface area contributed by atoms with Crippen molar-refractivity contribution >= 4 is 11.8 Å². The van der Waals surface area contributed by atoms with E-state index in [0.29, 0.717) is 30.0 Å². The van der Waals surface area contributed by atoms with E-state index in [9.17, 15) is 9.90 Å². The number of aliphatic hydroxyl groups excluding tert-OH is 2. The summed E-state index contributed by atoms with van der Waals surface area (Å²) in [5.41, 5.74) is 2.38. The van der Waals surface area contributed by atoms with Crippen LogP contribution in [0.25, 0.3) is 0 Å². The first-order valence-corrected chi connectivity index (χ1v) is 9.67. The number of carbonyl (C=O) groups excluding carboxylic acids is 1. The Morgan fingerprint density at radius 1 is 1.10 bits per heavy atom. The predicted molar refractivity (Wildman–Crippen MR) is 110 cm³/mol. The minimum absolute atomic E-state index is 0.102. The predicted octanol–water partition coefficient (Wildman–Crippen LogP) is 3.44. The van der Waals surface area contributed by atoms with Crippen LogP contribution in [0.3, 0.4) is 0 Å². The van der Waals surface area contributed by atoms with E-state index in [1.165, 1.54) is 0 Å². The van der Waals surface area contributed by atoms with Gasteiger partial charge in [0.2, 0.25) is 0 Å². The van der Waals surface area contributed by atoms with Crippen LogP contribution in [0.2, 0.25) is 0 Å². The van der Waals surface area contributed by atoms with Crippen LogP contribution in [0, 0.1) is 6.92 Å². The Kier molecular flexibility index (Phi) is 9.43. The van der Waals surface area contributed by atoms with Gasteiger partial charge in [0.15, 0.2) is 6.10 Å². The van der Waals surface area contributed by atoms with Gasteiger partial charge in [0, 0.05) is 25.3 Å². The molecule has 158 valence electrons. The van der Waals surface area contributed by atoms with Crippen molar-refractivity contribution in [2.24, 2.45) is 0 Å². The van der Waals surface area contributed by atoms with Crippen molar-refractivity contribution in [1.82, 2.24) is 0 Å². The molecule has 0 bridgehead atoms. The summed E-state index contributed by atoms with van der Waals surface area (Å²) in [6, 6.07) is 14.4. The Hall–Kier alpha value is -2.61. The summed E-state index contributed by atoms with van der Waals surface area (Å²) in [4.78, 5) is 12.5. The second kappa shape index (κ2) is 12.1. The zero-order valence-electron chi connectivity index (χ0n) is 16.8. The summed E-state index contributed by atoms with van der Waals surface area (Å²) < 4.78 is 16.9. The van der Waals surface area contributed by atoms with E-state index in [1.54, 1.807) is 36.4 Å². The molecule has 0 aliphatic rings. The molecule has 1 amide bonds. The van der Waals surface area contributed by atoms with E-state index < -0.39 is 18.3 Å². The van der Waals surface area contributed by atoms with Crippen LogP contribution in [0.4, 0.5) is 10.5 Å². The lowest BCUT2D eigenvalue weighted by Gasteiger charge is -2.27. The topological polar surface area (TPSA) is 97.2 Å². The largest absolute Gasteiger partial charge is 0.491 e. The van der Waals surface area contributed by atoms with Crippen LogP contribution in [0.1, 0.15) is 30.6 Å². The van der Waals surface area contributed by atoms with Gasteiger partial charge in [-0.15, -0.1) is 0 Å². The second-order valence-corrected chi connectivity index (χ2v) is 6.47. The van der Waals surface area contributed by atoms with Crippen molar-refractivity contribution in [3.63, 3.8) is 0 Å². The van der Waals surface area contributed by atoms with Gasteiger partial charge in [0.25, 0.3) is 0 Å². The van der Waals surface area contributed by atoms with E-state index in [2.05, 4.69) is 5.32 Å². The Labute approximate surface area is 171 Å². The summed E-state index contributed by atoms with van der Waals surface area (Å²) in [5, 5.41) is 21.1. The first-order chi connectivity index (χ1) is 14.1. The van der Waals surface area contributed by atoms with Crippen LogP contribution >= 0.6 is 0 Å². The third-order valence-corrected chi connectivity index (χ3v) is 4.21. The van der Waals surface area contributed by atoms with E-state index in [4.69, 9.17) is 19.3 Å². The van der Waals surface area contributed by atoms with Crippen LogP contribution in [0.5, 0.6) is 5.75 Å². The van der Waals surface area contributed by atoms with Crippen LogP contribution < -0.4 is 10.1 Å². The molecule has 29 heavy (non-hydrogen) atoms. The maximum atomic E-state index is 12.5. The first-order valence-electron chi connectivity index (χ1n) is 9.67. The van der Waals surface area contributed by atoms with E-state index in [1.807, 2.05) is 26.0 Å². The van der Waals surface area contributed by atoms with Crippen molar-refractivity contribution in [1.29, 1.82) is 0 Å². The van der Waals surface area contributed by atoms with Gasteiger partial charge in [0.05, 0.1) is 6.61 Å². The molecule has 0 saturated heterocycles. The van der Waals surface area contributed by atoms with Gasteiger partial charge < -0.3 is 24.4 Å². The molecule has 0 unspecified atom stereocenters.